The van der Waals surface area contributed by atoms with Crippen LogP contribution in [-0.2, 0) is 9.59 Å². The zero-order chi connectivity index (χ0) is 21.6. The second-order valence-corrected chi connectivity index (χ2v) is 7.34. The Morgan fingerprint density at radius 3 is 2.52 bits per heavy atom. The number of fused-ring (bicyclic) bond motifs is 1. The molecule has 2 amide bonds. The predicted octanol–water partition coefficient (Wildman–Crippen LogP) is 1.25. The number of aliphatic hydroxyl groups excluding tert-OH is 1. The Bertz CT molecular complexity index is 955. The molecule has 2 heterocycles. The summed E-state index contributed by atoms with van der Waals surface area (Å²) >= 11 is 0. The third-order valence-corrected chi connectivity index (χ3v) is 5.33. The van der Waals surface area contributed by atoms with Crippen LogP contribution < -0.4 is 19.7 Å². The van der Waals surface area contributed by atoms with Gasteiger partial charge in [0.1, 0.15) is 6.04 Å². The van der Waals surface area contributed by atoms with Crippen molar-refractivity contribution in [2.45, 2.75) is 6.04 Å². The summed E-state index contributed by atoms with van der Waals surface area (Å²) in [5, 5.41) is 12.3. The largest absolute Gasteiger partial charge is 0.454 e. The second kappa shape index (κ2) is 9.53. The van der Waals surface area contributed by atoms with Crippen molar-refractivity contribution in [2.24, 2.45) is 0 Å². The van der Waals surface area contributed by atoms with Crippen LogP contribution in [-0.4, -0.2) is 67.4 Å². The minimum Gasteiger partial charge on any atom is -0.454 e. The van der Waals surface area contributed by atoms with Crippen molar-refractivity contribution in [3.63, 3.8) is 0 Å². The summed E-state index contributed by atoms with van der Waals surface area (Å²) in [4.78, 5) is 29.0. The smallest absolute Gasteiger partial charge is 0.247 e. The Morgan fingerprint density at radius 2 is 1.77 bits per heavy atom. The molecule has 2 aliphatic rings. The number of ether oxygens (including phenoxy) is 2. The van der Waals surface area contributed by atoms with E-state index in [9.17, 15) is 14.7 Å². The summed E-state index contributed by atoms with van der Waals surface area (Å²) in [6.07, 6.45) is 2.95. The van der Waals surface area contributed by atoms with E-state index in [0.29, 0.717) is 37.7 Å². The van der Waals surface area contributed by atoms with Gasteiger partial charge in [-0.15, -0.1) is 0 Å². The van der Waals surface area contributed by atoms with Gasteiger partial charge in [0, 0.05) is 37.9 Å². The van der Waals surface area contributed by atoms with Crippen molar-refractivity contribution in [1.82, 2.24) is 10.2 Å². The highest BCUT2D eigenvalue weighted by Gasteiger charge is 2.28. The number of hydrogen-bond acceptors (Lipinski definition) is 6. The Kier molecular flexibility index (Phi) is 6.37. The van der Waals surface area contributed by atoms with Gasteiger partial charge in [-0.1, -0.05) is 24.3 Å². The number of hydrogen-bond donors (Lipinski definition) is 2. The van der Waals surface area contributed by atoms with Crippen LogP contribution in [0.15, 0.2) is 54.6 Å². The fourth-order valence-electron chi connectivity index (χ4n) is 3.64. The van der Waals surface area contributed by atoms with Crippen LogP contribution in [0, 0.1) is 0 Å². The Hall–Kier alpha value is -3.52. The molecule has 162 valence electrons. The number of piperazine rings is 1. The molecule has 2 aromatic carbocycles. The Labute approximate surface area is 180 Å². The fourth-order valence-corrected chi connectivity index (χ4v) is 3.64. The normalized spacial score (nSPS) is 16.4. The van der Waals surface area contributed by atoms with Gasteiger partial charge in [-0.05, 0) is 35.9 Å². The summed E-state index contributed by atoms with van der Waals surface area (Å²) < 4.78 is 10.6. The van der Waals surface area contributed by atoms with E-state index >= 15 is 0 Å². The molecule has 0 bridgehead atoms. The molecule has 1 fully saturated rings. The first-order valence-electron chi connectivity index (χ1n) is 10.2. The molecule has 0 aromatic heterocycles. The van der Waals surface area contributed by atoms with Crippen molar-refractivity contribution in [3.8, 4) is 11.5 Å². The maximum atomic E-state index is 12.8. The summed E-state index contributed by atoms with van der Waals surface area (Å²) in [6.45, 7) is 2.20. The van der Waals surface area contributed by atoms with Crippen LogP contribution in [0.5, 0.6) is 11.5 Å². The molecule has 8 heteroatoms. The van der Waals surface area contributed by atoms with E-state index in [1.54, 1.807) is 29.2 Å². The van der Waals surface area contributed by atoms with Gasteiger partial charge in [0.25, 0.3) is 0 Å². The standard InChI is InChI=1S/C23H25N3O5/c27-15-19(23(29)26-12-10-25(11-13-26)18-4-2-1-3-5-18)24-22(28)9-7-17-6-8-20-21(14-17)31-16-30-20/h1-9,14,19,27H,10-13,15-16H2,(H,24,28). The maximum absolute atomic E-state index is 12.8. The molecule has 8 nitrogen and oxygen atoms in total. The number of benzene rings is 2. The average Bonchev–Trinajstić information content (AvgIpc) is 3.29. The van der Waals surface area contributed by atoms with Crippen molar-refractivity contribution in [3.05, 3.63) is 60.2 Å². The lowest BCUT2D eigenvalue weighted by Gasteiger charge is -2.37. The van der Waals surface area contributed by atoms with E-state index in [-0.39, 0.29) is 12.7 Å². The highest BCUT2D eigenvalue weighted by atomic mass is 16.7. The first-order chi connectivity index (χ1) is 15.1. The van der Waals surface area contributed by atoms with Crippen LogP contribution in [0.3, 0.4) is 0 Å². The number of nitrogens with zero attached hydrogens (tertiary/aromatic N) is 2. The quantitative estimate of drug-likeness (QED) is 0.680. The van der Waals surface area contributed by atoms with Gasteiger partial charge in [0.05, 0.1) is 6.61 Å². The lowest BCUT2D eigenvalue weighted by Crippen LogP contribution is -2.56. The van der Waals surface area contributed by atoms with E-state index in [1.807, 2.05) is 30.3 Å². The third-order valence-electron chi connectivity index (χ3n) is 5.33. The predicted molar refractivity (Wildman–Crippen MR) is 116 cm³/mol. The first-order valence-corrected chi connectivity index (χ1v) is 10.2. The van der Waals surface area contributed by atoms with Crippen molar-refractivity contribution in [1.29, 1.82) is 0 Å². The molecule has 0 aliphatic carbocycles. The number of rotatable bonds is 6. The summed E-state index contributed by atoms with van der Waals surface area (Å²) in [5.41, 5.74) is 1.89. The average molecular weight is 423 g/mol. The van der Waals surface area contributed by atoms with Crippen LogP contribution >= 0.6 is 0 Å². The van der Waals surface area contributed by atoms with Crippen LogP contribution in [0.1, 0.15) is 5.56 Å². The summed E-state index contributed by atoms with van der Waals surface area (Å²) in [5.74, 6) is 0.563. The highest BCUT2D eigenvalue weighted by Crippen LogP contribution is 2.32. The molecule has 1 unspecified atom stereocenters. The minimum absolute atomic E-state index is 0.183. The number of aliphatic hydroxyl groups is 1. The lowest BCUT2D eigenvalue weighted by atomic mass is 10.2. The second-order valence-electron chi connectivity index (χ2n) is 7.34. The molecule has 2 aromatic rings. The van der Waals surface area contributed by atoms with E-state index < -0.39 is 18.6 Å². The summed E-state index contributed by atoms with van der Waals surface area (Å²) in [6, 6.07) is 14.4. The number of amides is 2. The number of anilines is 1. The molecule has 0 radical (unpaired) electrons. The van der Waals surface area contributed by atoms with Crippen LogP contribution in [0.2, 0.25) is 0 Å². The van der Waals surface area contributed by atoms with Gasteiger partial charge in [0.15, 0.2) is 11.5 Å². The van der Waals surface area contributed by atoms with Crippen molar-refractivity contribution >= 4 is 23.6 Å². The summed E-state index contributed by atoms with van der Waals surface area (Å²) in [7, 11) is 0. The van der Waals surface area contributed by atoms with E-state index in [2.05, 4.69) is 10.2 Å². The van der Waals surface area contributed by atoms with Gasteiger partial charge in [-0.3, -0.25) is 9.59 Å². The van der Waals surface area contributed by atoms with Gasteiger partial charge < -0.3 is 29.7 Å². The van der Waals surface area contributed by atoms with E-state index in [0.717, 1.165) is 11.3 Å². The zero-order valence-corrected chi connectivity index (χ0v) is 17.1. The molecule has 0 saturated carbocycles. The Balaban J connectivity index is 1.30. The van der Waals surface area contributed by atoms with Gasteiger partial charge in [-0.25, -0.2) is 0 Å². The maximum Gasteiger partial charge on any atom is 0.247 e. The highest BCUT2D eigenvalue weighted by molar-refractivity contribution is 5.95. The molecule has 2 aliphatic heterocycles. The third kappa shape index (κ3) is 4.97. The van der Waals surface area contributed by atoms with Gasteiger partial charge in [0.2, 0.25) is 18.6 Å². The molecular weight excluding hydrogens is 398 g/mol. The van der Waals surface area contributed by atoms with E-state index in [4.69, 9.17) is 9.47 Å². The van der Waals surface area contributed by atoms with Crippen molar-refractivity contribution in [2.75, 3.05) is 44.5 Å². The van der Waals surface area contributed by atoms with Crippen molar-refractivity contribution < 1.29 is 24.2 Å². The number of carbonyl (C=O) groups is 2. The number of carbonyl (C=O) groups excluding carboxylic acids is 2. The fraction of sp³-hybridized carbons (Fsp3) is 0.304. The first kappa shape index (κ1) is 20.7. The van der Waals surface area contributed by atoms with Gasteiger partial charge >= 0.3 is 0 Å². The van der Waals surface area contributed by atoms with Gasteiger partial charge in [-0.2, -0.15) is 0 Å². The molecular formula is C23H25N3O5. The zero-order valence-electron chi connectivity index (χ0n) is 17.1. The monoisotopic (exact) mass is 423 g/mol. The molecule has 1 saturated heterocycles. The van der Waals surface area contributed by atoms with E-state index in [1.165, 1.54) is 6.08 Å². The molecule has 4 rings (SSSR count). The molecule has 2 N–H and O–H groups in total. The number of para-hydroxylation sites is 1. The molecule has 0 spiro atoms. The number of nitrogens with one attached hydrogen (secondary N) is 1. The topological polar surface area (TPSA) is 91.3 Å². The molecule has 31 heavy (non-hydrogen) atoms. The van der Waals surface area contributed by atoms with Crippen LogP contribution in [0.4, 0.5) is 5.69 Å². The SMILES string of the molecule is O=C(C=Cc1ccc2c(c1)OCO2)NC(CO)C(=O)N1CCN(c2ccccc2)CC1. The lowest BCUT2D eigenvalue weighted by molar-refractivity contribution is -0.137. The minimum atomic E-state index is -0.975. The Morgan fingerprint density at radius 1 is 1.03 bits per heavy atom. The van der Waals surface area contributed by atoms with Crippen LogP contribution in [0.25, 0.3) is 6.08 Å². The molecule has 1 atom stereocenters.